The quantitative estimate of drug-likeness (QED) is 0.718. The van der Waals surface area contributed by atoms with Crippen LogP contribution in [0.25, 0.3) is 0 Å². The molecule has 9 heteroatoms. The minimum Gasteiger partial charge on any atom is -0.481 e. The number of carboxylic acid groups (broad SMARTS) is 1. The van der Waals surface area contributed by atoms with Gasteiger partial charge in [-0.1, -0.05) is 29.3 Å². The molecule has 1 amide bonds. The molecule has 3 unspecified atom stereocenters. The zero-order valence-corrected chi connectivity index (χ0v) is 18.9. The number of piperazine rings is 1. The van der Waals surface area contributed by atoms with Gasteiger partial charge in [0.05, 0.1) is 20.7 Å². The summed E-state index contributed by atoms with van der Waals surface area (Å²) in [6, 6.07) is 12.1. The normalized spacial score (nSPS) is 20.1. The summed E-state index contributed by atoms with van der Waals surface area (Å²) in [5.74, 6) is -1.88. The Morgan fingerprint density at radius 3 is 2.47 bits per heavy atom. The molecule has 0 bridgehead atoms. The number of carbonyl (C=O) groups excluding carboxylic acids is 1. The number of hydrogen-bond donors (Lipinski definition) is 1. The first-order valence-corrected chi connectivity index (χ1v) is 11.5. The van der Waals surface area contributed by atoms with Crippen LogP contribution in [0.15, 0.2) is 47.4 Å². The topological polar surface area (TPSA) is 77.9 Å². The molecule has 30 heavy (non-hydrogen) atoms. The van der Waals surface area contributed by atoms with Crippen molar-refractivity contribution in [1.29, 1.82) is 0 Å². The van der Waals surface area contributed by atoms with Crippen molar-refractivity contribution in [1.82, 2.24) is 4.90 Å². The van der Waals surface area contributed by atoms with Crippen LogP contribution in [-0.2, 0) is 15.6 Å². The molecule has 1 heterocycles. The molecule has 0 radical (unpaired) electrons. The summed E-state index contributed by atoms with van der Waals surface area (Å²) in [4.78, 5) is 28.1. The second kappa shape index (κ2) is 9.37. The number of amides is 1. The lowest BCUT2D eigenvalue weighted by Crippen LogP contribution is -2.59. The number of halogens is 2. The van der Waals surface area contributed by atoms with Crippen molar-refractivity contribution >= 4 is 51.6 Å². The van der Waals surface area contributed by atoms with Gasteiger partial charge < -0.3 is 14.9 Å². The summed E-state index contributed by atoms with van der Waals surface area (Å²) in [5, 5.41) is 9.61. The summed E-state index contributed by atoms with van der Waals surface area (Å²) >= 11 is 12.3. The van der Waals surface area contributed by atoms with Gasteiger partial charge in [-0.25, -0.2) is 0 Å². The minimum atomic E-state index is -1.77. The van der Waals surface area contributed by atoms with Gasteiger partial charge >= 0.3 is 5.97 Å². The Bertz CT molecular complexity index is 1000. The monoisotopic (exact) mass is 468 g/mol. The van der Waals surface area contributed by atoms with E-state index in [2.05, 4.69) is 11.8 Å². The fourth-order valence-corrected chi connectivity index (χ4v) is 5.12. The molecule has 1 saturated heterocycles. The molecule has 2 aromatic carbocycles. The zero-order valence-electron chi connectivity index (χ0n) is 16.5. The van der Waals surface area contributed by atoms with Crippen molar-refractivity contribution in [3.63, 3.8) is 0 Å². The van der Waals surface area contributed by atoms with Gasteiger partial charge in [-0.3, -0.25) is 13.8 Å². The van der Waals surface area contributed by atoms with E-state index in [1.54, 1.807) is 11.0 Å². The molecule has 160 valence electrons. The highest BCUT2D eigenvalue weighted by molar-refractivity contribution is 7.85. The van der Waals surface area contributed by atoms with Gasteiger partial charge in [-0.05, 0) is 50.2 Å². The molecule has 1 fully saturated rings. The summed E-state index contributed by atoms with van der Waals surface area (Å²) in [6.07, 6.45) is 0. The number of carbonyl (C=O) groups is 2. The number of rotatable bonds is 5. The molecule has 0 aliphatic carbocycles. The molecule has 1 aliphatic rings. The highest BCUT2D eigenvalue weighted by Gasteiger charge is 2.34. The Morgan fingerprint density at radius 1 is 1.10 bits per heavy atom. The highest BCUT2D eigenvalue weighted by atomic mass is 35.5. The Labute approximate surface area is 187 Å². The first-order chi connectivity index (χ1) is 14.2. The number of aliphatic carboxylic acids is 1. The van der Waals surface area contributed by atoms with Gasteiger partial charge in [0.15, 0.2) is 0 Å². The molecule has 1 aliphatic heterocycles. The van der Waals surface area contributed by atoms with Gasteiger partial charge in [0.25, 0.3) is 5.91 Å². The van der Waals surface area contributed by atoms with Crippen LogP contribution in [0.2, 0.25) is 10.0 Å². The van der Waals surface area contributed by atoms with Gasteiger partial charge in [0.2, 0.25) is 0 Å². The Kier molecular flexibility index (Phi) is 7.06. The van der Waals surface area contributed by atoms with Crippen molar-refractivity contribution in [2.24, 2.45) is 0 Å². The minimum absolute atomic E-state index is 0.0650. The molecule has 0 spiro atoms. The van der Waals surface area contributed by atoms with Crippen LogP contribution in [0.1, 0.15) is 24.2 Å². The number of anilines is 1. The van der Waals surface area contributed by atoms with Crippen LogP contribution in [0.3, 0.4) is 0 Å². The molecule has 1 N–H and O–H groups in total. The molecule has 3 rings (SSSR count). The van der Waals surface area contributed by atoms with E-state index in [9.17, 15) is 13.8 Å². The lowest BCUT2D eigenvalue weighted by molar-refractivity contribution is -0.133. The molecule has 2 aromatic rings. The standard InChI is InChI=1S/C21H22Cl2N2O4S/c1-13-14(2)25(9-8-24(13)17-5-3-4-16(22)11-17)21(28)15-6-7-19(18(23)10-15)30(29)12-20(26)27/h3-7,10-11,13-14H,8-9,12H2,1-2H3,(H,26,27). The molecule has 6 nitrogen and oxygen atoms in total. The molecule has 3 atom stereocenters. The van der Waals surface area contributed by atoms with Crippen LogP contribution >= 0.6 is 23.2 Å². The third-order valence-electron chi connectivity index (χ3n) is 5.34. The van der Waals surface area contributed by atoms with E-state index >= 15 is 0 Å². The molecule has 0 saturated carbocycles. The van der Waals surface area contributed by atoms with E-state index in [1.807, 2.05) is 31.2 Å². The SMILES string of the molecule is CC1C(C)N(c2cccc(Cl)c2)CCN1C(=O)c1ccc(S(=O)CC(=O)O)c(Cl)c1. The average molecular weight is 469 g/mol. The maximum Gasteiger partial charge on any atom is 0.316 e. The van der Waals surface area contributed by atoms with Crippen LogP contribution < -0.4 is 4.90 Å². The number of hydrogen-bond acceptors (Lipinski definition) is 4. The fraction of sp³-hybridized carbons (Fsp3) is 0.333. The van der Waals surface area contributed by atoms with E-state index < -0.39 is 22.5 Å². The predicted molar refractivity (Wildman–Crippen MR) is 119 cm³/mol. The van der Waals surface area contributed by atoms with Gasteiger partial charge in [-0.15, -0.1) is 0 Å². The summed E-state index contributed by atoms with van der Waals surface area (Å²) < 4.78 is 12.1. The summed E-state index contributed by atoms with van der Waals surface area (Å²) in [6.45, 7) is 5.25. The highest BCUT2D eigenvalue weighted by Crippen LogP contribution is 2.28. The van der Waals surface area contributed by atoms with E-state index in [4.69, 9.17) is 28.3 Å². The zero-order chi connectivity index (χ0) is 22.0. The third kappa shape index (κ3) is 4.79. The first kappa shape index (κ1) is 22.6. The van der Waals surface area contributed by atoms with E-state index in [0.717, 1.165) is 5.69 Å². The van der Waals surface area contributed by atoms with Gasteiger partial charge in [0.1, 0.15) is 5.75 Å². The van der Waals surface area contributed by atoms with Crippen molar-refractivity contribution in [3.8, 4) is 0 Å². The van der Waals surface area contributed by atoms with Gasteiger partial charge in [0, 0.05) is 41.4 Å². The second-order valence-corrected chi connectivity index (χ2v) is 9.44. The second-order valence-electron chi connectivity index (χ2n) is 7.18. The van der Waals surface area contributed by atoms with Crippen molar-refractivity contribution in [3.05, 3.63) is 58.1 Å². The van der Waals surface area contributed by atoms with Crippen LogP contribution in [-0.4, -0.2) is 57.0 Å². The van der Waals surface area contributed by atoms with Crippen molar-refractivity contribution in [2.45, 2.75) is 30.8 Å². The van der Waals surface area contributed by atoms with Crippen LogP contribution in [0, 0.1) is 0 Å². The summed E-state index contributed by atoms with van der Waals surface area (Å²) in [7, 11) is -1.77. The van der Waals surface area contributed by atoms with E-state index in [0.29, 0.717) is 23.7 Å². The van der Waals surface area contributed by atoms with E-state index in [-0.39, 0.29) is 27.9 Å². The molecular formula is C21H22Cl2N2O4S. The number of nitrogens with zero attached hydrogens (tertiary/aromatic N) is 2. The van der Waals surface area contributed by atoms with Crippen molar-refractivity contribution in [2.75, 3.05) is 23.7 Å². The van der Waals surface area contributed by atoms with E-state index in [1.165, 1.54) is 12.1 Å². The smallest absolute Gasteiger partial charge is 0.316 e. The lowest BCUT2D eigenvalue weighted by atomic mass is 10.0. The third-order valence-corrected chi connectivity index (χ3v) is 7.36. The first-order valence-electron chi connectivity index (χ1n) is 9.42. The Morgan fingerprint density at radius 2 is 1.83 bits per heavy atom. The molecular weight excluding hydrogens is 447 g/mol. The van der Waals surface area contributed by atoms with Gasteiger partial charge in [-0.2, -0.15) is 0 Å². The molecule has 0 aromatic heterocycles. The maximum atomic E-state index is 13.1. The Balaban J connectivity index is 1.77. The summed E-state index contributed by atoms with van der Waals surface area (Å²) in [5.41, 5.74) is 1.40. The Hall–Kier alpha value is -2.09. The maximum absolute atomic E-state index is 13.1. The average Bonchev–Trinajstić information content (AvgIpc) is 2.68. The fourth-order valence-electron chi connectivity index (χ4n) is 3.62. The van der Waals surface area contributed by atoms with Crippen molar-refractivity contribution < 1.29 is 18.9 Å². The number of benzene rings is 2. The number of carboxylic acids is 1. The lowest BCUT2D eigenvalue weighted by Gasteiger charge is -2.46. The van der Waals surface area contributed by atoms with Crippen LogP contribution in [0.5, 0.6) is 0 Å². The predicted octanol–water partition coefficient (Wildman–Crippen LogP) is 3.93. The van der Waals surface area contributed by atoms with Crippen LogP contribution in [0.4, 0.5) is 5.69 Å². The largest absolute Gasteiger partial charge is 0.481 e.